The number of hydrogen-bond acceptors (Lipinski definition) is 9. The molecular weight excluding hydrogens is 692 g/mol. The van der Waals surface area contributed by atoms with E-state index in [2.05, 4.69) is 16.0 Å². The summed E-state index contributed by atoms with van der Waals surface area (Å²) in [7, 11) is 3.27. The molecule has 1 rings (SSSR count). The Labute approximate surface area is 322 Å². The highest BCUT2D eigenvalue weighted by Gasteiger charge is 2.42. The van der Waals surface area contributed by atoms with Gasteiger partial charge in [-0.15, -0.1) is 0 Å². The standard InChI is InChI=1S/C41H66N4O9/c1-24(2)29(23-25(3)33(47)43-28(37(52)54-40(10,11)12)21-22-30(46)53-39(7,8)9)45(16)35(49)32(38(4,5)6)44-34(48)31(42-15)41(13,14)27-19-17-26(18-20-27)36(50)51/h17-20,23-24,28-29,31-32,42H,21-22H2,1-16H3,(H,43,47)(H,44,48)(H,50,51)/b25-23+/t28-,29-,31?,32-/m1/s1. The second-order valence-electron chi connectivity index (χ2n) is 17.9. The molecule has 0 saturated heterocycles. The molecule has 13 heteroatoms. The van der Waals surface area contributed by atoms with Gasteiger partial charge in [0.2, 0.25) is 17.7 Å². The van der Waals surface area contributed by atoms with Crippen LogP contribution in [0.4, 0.5) is 0 Å². The summed E-state index contributed by atoms with van der Waals surface area (Å²) in [5, 5.41) is 18.1. The predicted molar refractivity (Wildman–Crippen MR) is 209 cm³/mol. The van der Waals surface area contributed by atoms with Crippen molar-refractivity contribution in [1.82, 2.24) is 20.9 Å². The summed E-state index contributed by atoms with van der Waals surface area (Å²) >= 11 is 0. The molecule has 0 aliphatic carbocycles. The van der Waals surface area contributed by atoms with Crippen molar-refractivity contribution in [2.45, 2.75) is 151 Å². The van der Waals surface area contributed by atoms with Gasteiger partial charge in [0, 0.05) is 24.5 Å². The maximum Gasteiger partial charge on any atom is 0.335 e. The molecule has 0 aliphatic heterocycles. The third-order valence-corrected chi connectivity index (χ3v) is 8.86. The Hall–Kier alpha value is -4.26. The van der Waals surface area contributed by atoms with E-state index in [4.69, 9.17) is 9.47 Å². The molecule has 0 radical (unpaired) electrons. The first-order valence-electron chi connectivity index (χ1n) is 18.4. The van der Waals surface area contributed by atoms with Gasteiger partial charge in [-0.1, -0.05) is 66.7 Å². The zero-order chi connectivity index (χ0) is 42.1. The van der Waals surface area contributed by atoms with Crippen LogP contribution in [0.2, 0.25) is 0 Å². The van der Waals surface area contributed by atoms with Crippen LogP contribution in [-0.4, -0.2) is 95.1 Å². The number of carboxylic acid groups (broad SMARTS) is 1. The lowest BCUT2D eigenvalue weighted by Gasteiger charge is -2.40. The average molecular weight is 759 g/mol. The summed E-state index contributed by atoms with van der Waals surface area (Å²) in [6.07, 6.45) is 1.48. The van der Waals surface area contributed by atoms with E-state index in [1.165, 1.54) is 17.0 Å². The minimum absolute atomic E-state index is 0.0418. The highest BCUT2D eigenvalue weighted by molar-refractivity contribution is 5.96. The molecule has 3 amide bonds. The number of hydrogen-bond donors (Lipinski definition) is 4. The van der Waals surface area contributed by atoms with Gasteiger partial charge in [-0.25, -0.2) is 9.59 Å². The highest BCUT2D eigenvalue weighted by atomic mass is 16.6. The minimum atomic E-state index is -1.13. The maximum atomic E-state index is 14.3. The second kappa shape index (κ2) is 18.9. The number of carbonyl (C=O) groups is 6. The van der Waals surface area contributed by atoms with Gasteiger partial charge >= 0.3 is 17.9 Å². The molecule has 1 aromatic carbocycles. The molecule has 0 heterocycles. The van der Waals surface area contributed by atoms with E-state index in [0.717, 1.165) is 5.56 Å². The van der Waals surface area contributed by atoms with Crippen molar-refractivity contribution in [2.24, 2.45) is 11.3 Å². The number of carboxylic acids is 1. The number of esters is 2. The van der Waals surface area contributed by atoms with Crippen molar-refractivity contribution in [1.29, 1.82) is 0 Å². The van der Waals surface area contributed by atoms with Gasteiger partial charge in [0.05, 0.1) is 17.6 Å². The number of nitrogens with one attached hydrogen (secondary N) is 3. The van der Waals surface area contributed by atoms with E-state index < -0.39 is 75.9 Å². The first-order valence-corrected chi connectivity index (χ1v) is 18.4. The molecule has 0 spiro atoms. The Morgan fingerprint density at radius 3 is 1.76 bits per heavy atom. The van der Waals surface area contributed by atoms with Crippen LogP contribution < -0.4 is 16.0 Å². The Bertz CT molecular complexity index is 1530. The van der Waals surface area contributed by atoms with Crippen molar-refractivity contribution in [3.8, 4) is 0 Å². The SMILES string of the molecule is CNC(C(=O)N[C@H](C(=O)N(C)[C@H](/C=C(\C)C(=O)N[C@H](CCC(=O)OC(C)(C)C)C(=O)OC(C)(C)C)C(C)C)C(C)(C)C)C(C)(C)c1ccc(C(=O)O)cc1. The van der Waals surface area contributed by atoms with Gasteiger partial charge in [0.15, 0.2) is 0 Å². The number of amides is 3. The summed E-state index contributed by atoms with van der Waals surface area (Å²) in [6.45, 7) is 25.0. The van der Waals surface area contributed by atoms with E-state index in [1.54, 1.807) is 80.8 Å². The Morgan fingerprint density at radius 2 is 1.33 bits per heavy atom. The highest BCUT2D eigenvalue weighted by Crippen LogP contribution is 2.30. The first kappa shape index (κ1) is 47.8. The van der Waals surface area contributed by atoms with Crippen molar-refractivity contribution >= 4 is 35.6 Å². The number of ether oxygens (including phenoxy) is 2. The van der Waals surface area contributed by atoms with Crippen LogP contribution >= 0.6 is 0 Å². The van der Waals surface area contributed by atoms with Crippen LogP contribution in [0.5, 0.6) is 0 Å². The lowest BCUT2D eigenvalue weighted by atomic mass is 9.76. The lowest BCUT2D eigenvalue weighted by molar-refractivity contribution is -0.159. The molecule has 4 N–H and O–H groups in total. The zero-order valence-corrected chi connectivity index (χ0v) is 35.3. The normalized spacial score (nSPS) is 15.0. The van der Waals surface area contributed by atoms with Gasteiger partial charge in [-0.05, 0) is 91.0 Å². The summed E-state index contributed by atoms with van der Waals surface area (Å²) in [5.74, 6) is -3.79. The molecular formula is C41H66N4O9. The number of rotatable bonds is 16. The van der Waals surface area contributed by atoms with Crippen LogP contribution in [0.1, 0.15) is 126 Å². The summed E-state index contributed by atoms with van der Waals surface area (Å²) in [4.78, 5) is 80.3. The second-order valence-corrected chi connectivity index (χ2v) is 17.9. The van der Waals surface area contributed by atoms with Gasteiger partial charge in [0.1, 0.15) is 23.3 Å². The summed E-state index contributed by atoms with van der Waals surface area (Å²) < 4.78 is 10.9. The first-order chi connectivity index (χ1) is 24.4. The average Bonchev–Trinajstić information content (AvgIpc) is 3.01. The molecule has 0 saturated carbocycles. The number of benzene rings is 1. The fourth-order valence-corrected chi connectivity index (χ4v) is 5.89. The third kappa shape index (κ3) is 14.5. The molecule has 304 valence electrons. The molecule has 0 aromatic heterocycles. The fourth-order valence-electron chi connectivity index (χ4n) is 5.89. The molecule has 1 unspecified atom stereocenters. The third-order valence-electron chi connectivity index (χ3n) is 8.86. The monoisotopic (exact) mass is 758 g/mol. The number of likely N-dealkylation sites (N-methyl/N-ethyl adjacent to an activating group) is 2. The van der Waals surface area contributed by atoms with Gasteiger partial charge in [0.25, 0.3) is 0 Å². The van der Waals surface area contributed by atoms with Crippen LogP contribution in [-0.2, 0) is 38.9 Å². The predicted octanol–water partition coefficient (Wildman–Crippen LogP) is 5.16. The van der Waals surface area contributed by atoms with E-state index >= 15 is 0 Å². The van der Waals surface area contributed by atoms with E-state index in [9.17, 15) is 33.9 Å². The van der Waals surface area contributed by atoms with Crippen molar-refractivity contribution < 1.29 is 43.3 Å². The summed E-state index contributed by atoms with van der Waals surface area (Å²) in [6, 6.07) is 2.85. The lowest BCUT2D eigenvalue weighted by Crippen LogP contribution is -2.61. The van der Waals surface area contributed by atoms with Crippen molar-refractivity contribution in [3.05, 3.63) is 47.0 Å². The molecule has 1 aromatic rings. The quantitative estimate of drug-likeness (QED) is 0.130. The van der Waals surface area contributed by atoms with Crippen LogP contribution in [0.15, 0.2) is 35.9 Å². The van der Waals surface area contributed by atoms with Crippen LogP contribution in [0, 0.1) is 11.3 Å². The topological polar surface area (TPSA) is 180 Å². The van der Waals surface area contributed by atoms with Gasteiger partial charge in [-0.2, -0.15) is 0 Å². The van der Waals surface area contributed by atoms with Gasteiger partial charge in [-0.3, -0.25) is 19.2 Å². The van der Waals surface area contributed by atoms with Crippen LogP contribution in [0.25, 0.3) is 0 Å². The number of aromatic carboxylic acids is 1. The van der Waals surface area contributed by atoms with E-state index in [-0.39, 0.29) is 35.8 Å². The van der Waals surface area contributed by atoms with Crippen molar-refractivity contribution in [3.63, 3.8) is 0 Å². The van der Waals surface area contributed by atoms with Gasteiger partial charge < -0.3 is 35.4 Å². The molecule has 0 fully saturated rings. The molecule has 54 heavy (non-hydrogen) atoms. The smallest absolute Gasteiger partial charge is 0.335 e. The number of nitrogens with zero attached hydrogens (tertiary/aromatic N) is 1. The molecule has 0 bridgehead atoms. The van der Waals surface area contributed by atoms with Crippen LogP contribution in [0.3, 0.4) is 0 Å². The van der Waals surface area contributed by atoms with E-state index in [1.807, 2.05) is 48.5 Å². The molecule has 13 nitrogen and oxygen atoms in total. The Balaban J connectivity index is 3.37. The largest absolute Gasteiger partial charge is 0.478 e. The van der Waals surface area contributed by atoms with Crippen molar-refractivity contribution in [2.75, 3.05) is 14.1 Å². The number of carbonyl (C=O) groups excluding carboxylic acids is 5. The Kier molecular flexibility index (Phi) is 16.7. The molecule has 0 aliphatic rings. The maximum absolute atomic E-state index is 14.3. The zero-order valence-electron chi connectivity index (χ0n) is 35.3. The molecule has 4 atom stereocenters. The summed E-state index contributed by atoms with van der Waals surface area (Å²) in [5.41, 5.74) is -1.98. The minimum Gasteiger partial charge on any atom is -0.478 e. The Morgan fingerprint density at radius 1 is 0.815 bits per heavy atom. The van der Waals surface area contributed by atoms with E-state index in [0.29, 0.717) is 0 Å². The fraction of sp³-hybridized carbons (Fsp3) is 0.659.